The highest BCUT2D eigenvalue weighted by Gasteiger charge is 2.13. The van der Waals surface area contributed by atoms with Crippen LogP contribution in [-0.2, 0) is 5.75 Å². The lowest BCUT2D eigenvalue weighted by Gasteiger charge is -2.05. The fourth-order valence-electron chi connectivity index (χ4n) is 2.60. The number of para-hydroxylation sites is 1. The Morgan fingerprint density at radius 3 is 2.00 bits per heavy atom. The Morgan fingerprint density at radius 2 is 1.32 bits per heavy atom. The Labute approximate surface area is 151 Å². The zero-order chi connectivity index (χ0) is 16.9. The number of thioether (sulfide) groups is 1. The summed E-state index contributed by atoms with van der Waals surface area (Å²) in [5.74, 6) is 1.72. The molecule has 122 valence electrons. The molecule has 0 amide bonds. The number of aromatic nitrogens is 3. The van der Waals surface area contributed by atoms with Crippen molar-refractivity contribution in [1.29, 1.82) is 0 Å². The second kappa shape index (κ2) is 7.36. The Kier molecular flexibility index (Phi) is 4.61. The van der Waals surface area contributed by atoms with Crippen molar-refractivity contribution < 1.29 is 0 Å². The molecule has 0 radical (unpaired) electrons. The van der Waals surface area contributed by atoms with Crippen molar-refractivity contribution in [3.8, 4) is 17.1 Å². The van der Waals surface area contributed by atoms with Gasteiger partial charge in [0, 0.05) is 11.3 Å². The summed E-state index contributed by atoms with van der Waals surface area (Å²) in [7, 11) is 0. The van der Waals surface area contributed by atoms with Crippen LogP contribution in [0.3, 0.4) is 0 Å². The third-order valence-electron chi connectivity index (χ3n) is 3.83. The number of rotatable bonds is 5. The van der Waals surface area contributed by atoms with E-state index >= 15 is 0 Å². The predicted octanol–water partition coefficient (Wildman–Crippen LogP) is 5.23. The summed E-state index contributed by atoms with van der Waals surface area (Å²) < 4.78 is 1.92. The summed E-state index contributed by atoms with van der Waals surface area (Å²) >= 11 is 1.65. The summed E-state index contributed by atoms with van der Waals surface area (Å²) in [6.45, 7) is 0. The molecule has 0 bridgehead atoms. The molecule has 0 aliphatic heterocycles. The van der Waals surface area contributed by atoms with Crippen LogP contribution >= 0.6 is 11.8 Å². The van der Waals surface area contributed by atoms with E-state index in [2.05, 4.69) is 36.4 Å². The van der Waals surface area contributed by atoms with Gasteiger partial charge in [0.15, 0.2) is 5.82 Å². The van der Waals surface area contributed by atoms with Crippen molar-refractivity contribution in [3.63, 3.8) is 0 Å². The molecule has 4 rings (SSSR count). The molecule has 0 fully saturated rings. The molecular weight excluding hydrogens is 326 g/mol. The Hall–Kier alpha value is -2.85. The van der Waals surface area contributed by atoms with E-state index in [4.69, 9.17) is 10.1 Å². The molecule has 1 aromatic heterocycles. The Morgan fingerprint density at radius 1 is 0.720 bits per heavy atom. The molecule has 25 heavy (non-hydrogen) atoms. The summed E-state index contributed by atoms with van der Waals surface area (Å²) in [6.07, 6.45) is 0. The number of nitrogens with zero attached hydrogens (tertiary/aromatic N) is 3. The zero-order valence-electron chi connectivity index (χ0n) is 13.6. The first-order valence-corrected chi connectivity index (χ1v) is 9.13. The highest BCUT2D eigenvalue weighted by atomic mass is 32.2. The van der Waals surface area contributed by atoms with Crippen LogP contribution in [0.2, 0.25) is 0 Å². The number of hydrogen-bond donors (Lipinski definition) is 0. The molecule has 0 N–H and O–H groups in total. The molecule has 0 atom stereocenters. The van der Waals surface area contributed by atoms with Crippen molar-refractivity contribution in [2.45, 2.75) is 10.9 Å². The largest absolute Gasteiger partial charge is 0.212 e. The molecule has 0 spiro atoms. The lowest BCUT2D eigenvalue weighted by Crippen LogP contribution is -1.99. The normalized spacial score (nSPS) is 10.7. The van der Waals surface area contributed by atoms with Crippen molar-refractivity contribution in [3.05, 3.63) is 96.6 Å². The first-order valence-electron chi connectivity index (χ1n) is 8.15. The maximum Gasteiger partial charge on any atom is 0.209 e. The van der Waals surface area contributed by atoms with Crippen LogP contribution < -0.4 is 0 Å². The second-order valence-corrected chi connectivity index (χ2v) is 6.55. The lowest BCUT2D eigenvalue weighted by atomic mass is 10.2. The highest BCUT2D eigenvalue weighted by molar-refractivity contribution is 7.98. The standard InChI is InChI=1S/C21H17N3S/c1-4-10-17(11-5-1)16-25-21-22-20(18-12-6-2-7-13-18)24(23-21)19-14-8-3-9-15-19/h1-15H,16H2. The van der Waals surface area contributed by atoms with Crippen LogP contribution in [-0.4, -0.2) is 14.8 Å². The molecule has 3 nitrogen and oxygen atoms in total. The molecular formula is C21H17N3S. The number of benzene rings is 3. The van der Waals surface area contributed by atoms with E-state index in [1.807, 2.05) is 59.3 Å². The molecule has 3 aromatic carbocycles. The third kappa shape index (κ3) is 3.64. The van der Waals surface area contributed by atoms with Gasteiger partial charge in [0.05, 0.1) is 5.69 Å². The first-order chi connectivity index (χ1) is 12.4. The van der Waals surface area contributed by atoms with Crippen LogP contribution in [0.25, 0.3) is 17.1 Å². The Balaban J connectivity index is 1.68. The van der Waals surface area contributed by atoms with Gasteiger partial charge < -0.3 is 0 Å². The van der Waals surface area contributed by atoms with Crippen LogP contribution in [0.15, 0.2) is 96.2 Å². The minimum Gasteiger partial charge on any atom is -0.212 e. The predicted molar refractivity (Wildman–Crippen MR) is 103 cm³/mol. The molecule has 4 heteroatoms. The third-order valence-corrected chi connectivity index (χ3v) is 4.74. The van der Waals surface area contributed by atoms with Gasteiger partial charge in [0.25, 0.3) is 0 Å². The van der Waals surface area contributed by atoms with E-state index in [9.17, 15) is 0 Å². The van der Waals surface area contributed by atoms with Crippen molar-refractivity contribution in [1.82, 2.24) is 14.8 Å². The van der Waals surface area contributed by atoms with Gasteiger partial charge in [0.1, 0.15) is 0 Å². The van der Waals surface area contributed by atoms with E-state index in [1.54, 1.807) is 11.8 Å². The fourth-order valence-corrected chi connectivity index (χ4v) is 3.38. The SMILES string of the molecule is c1ccc(CSc2nc(-c3ccccc3)n(-c3ccccc3)n2)cc1. The van der Waals surface area contributed by atoms with Crippen LogP contribution in [0.4, 0.5) is 0 Å². The second-order valence-electron chi connectivity index (χ2n) is 5.61. The summed E-state index contributed by atoms with van der Waals surface area (Å²) in [6, 6.07) is 30.7. The van der Waals surface area contributed by atoms with Crippen molar-refractivity contribution in [2.24, 2.45) is 0 Å². The lowest BCUT2D eigenvalue weighted by molar-refractivity contribution is 0.839. The smallest absolute Gasteiger partial charge is 0.209 e. The van der Waals surface area contributed by atoms with Crippen molar-refractivity contribution in [2.75, 3.05) is 0 Å². The topological polar surface area (TPSA) is 30.7 Å². The molecule has 0 aliphatic rings. The summed E-state index contributed by atoms with van der Waals surface area (Å²) in [5, 5.41) is 5.52. The minimum atomic E-state index is 0.784. The van der Waals surface area contributed by atoms with E-state index in [1.165, 1.54) is 5.56 Å². The van der Waals surface area contributed by atoms with Crippen LogP contribution in [0.5, 0.6) is 0 Å². The molecule has 1 heterocycles. The summed E-state index contributed by atoms with van der Waals surface area (Å²) in [5.41, 5.74) is 3.34. The van der Waals surface area contributed by atoms with Crippen molar-refractivity contribution >= 4 is 11.8 Å². The van der Waals surface area contributed by atoms with Gasteiger partial charge >= 0.3 is 0 Å². The number of hydrogen-bond acceptors (Lipinski definition) is 3. The molecule has 0 aliphatic carbocycles. The van der Waals surface area contributed by atoms with Gasteiger partial charge in [0.2, 0.25) is 5.16 Å². The van der Waals surface area contributed by atoms with Gasteiger partial charge in [-0.25, -0.2) is 9.67 Å². The Bertz CT molecular complexity index is 878. The van der Waals surface area contributed by atoms with Crippen LogP contribution in [0, 0.1) is 0 Å². The van der Waals surface area contributed by atoms with Gasteiger partial charge in [-0.05, 0) is 17.7 Å². The van der Waals surface area contributed by atoms with E-state index in [0.717, 1.165) is 28.0 Å². The molecule has 0 saturated carbocycles. The molecule has 4 aromatic rings. The van der Waals surface area contributed by atoms with Gasteiger partial charge in [-0.1, -0.05) is 90.6 Å². The van der Waals surface area contributed by atoms with Gasteiger partial charge in [-0.15, -0.1) is 5.10 Å². The maximum atomic E-state index is 4.79. The first kappa shape index (κ1) is 15.7. The van der Waals surface area contributed by atoms with Crippen LogP contribution in [0.1, 0.15) is 5.56 Å². The van der Waals surface area contributed by atoms with Gasteiger partial charge in [-0.2, -0.15) is 0 Å². The average Bonchev–Trinajstić information content (AvgIpc) is 3.13. The summed E-state index contributed by atoms with van der Waals surface area (Å²) in [4.78, 5) is 4.79. The van der Waals surface area contributed by atoms with E-state index in [0.29, 0.717) is 0 Å². The van der Waals surface area contributed by atoms with E-state index in [-0.39, 0.29) is 0 Å². The molecule has 0 saturated heterocycles. The molecule has 0 unspecified atom stereocenters. The van der Waals surface area contributed by atoms with Gasteiger partial charge in [-0.3, -0.25) is 0 Å². The maximum absolute atomic E-state index is 4.79. The minimum absolute atomic E-state index is 0.784. The van der Waals surface area contributed by atoms with E-state index < -0.39 is 0 Å². The fraction of sp³-hybridized carbons (Fsp3) is 0.0476. The monoisotopic (exact) mass is 343 g/mol. The quantitative estimate of drug-likeness (QED) is 0.465. The average molecular weight is 343 g/mol. The zero-order valence-corrected chi connectivity index (χ0v) is 14.4. The highest BCUT2D eigenvalue weighted by Crippen LogP contribution is 2.26.